The molecular weight excluding hydrogens is 679 g/mol. The number of alkyl halides is 6. The molecule has 5 nitrogen and oxygen atoms in total. The van der Waals surface area contributed by atoms with E-state index in [1.807, 2.05) is 0 Å². The highest BCUT2D eigenvalue weighted by molar-refractivity contribution is 7.92. The van der Waals surface area contributed by atoms with Gasteiger partial charge in [0.2, 0.25) is 0 Å². The van der Waals surface area contributed by atoms with Gasteiger partial charge < -0.3 is 9.47 Å². The van der Waals surface area contributed by atoms with Gasteiger partial charge in [-0.2, -0.15) is 26.3 Å². The Morgan fingerprint density at radius 2 is 1.38 bits per heavy atom. The van der Waals surface area contributed by atoms with Crippen LogP contribution in [-0.2, 0) is 41.1 Å². The van der Waals surface area contributed by atoms with Gasteiger partial charge in [-0.1, -0.05) is 30.3 Å². The van der Waals surface area contributed by atoms with Crippen molar-refractivity contribution in [3.05, 3.63) is 101 Å². The first-order chi connectivity index (χ1) is 22.0. The van der Waals surface area contributed by atoms with Crippen LogP contribution in [0.1, 0.15) is 63.1 Å². The largest absolute Gasteiger partial charge is 0.460 e. The van der Waals surface area contributed by atoms with Crippen LogP contribution in [0.4, 0.5) is 39.5 Å². The van der Waals surface area contributed by atoms with Crippen LogP contribution in [0, 0.1) is 23.4 Å². The molecule has 0 amide bonds. The van der Waals surface area contributed by atoms with E-state index in [0.29, 0.717) is 24.3 Å². The first-order valence-electron chi connectivity index (χ1n) is 14.6. The maximum absolute atomic E-state index is 14.5. The minimum absolute atomic E-state index is 0.119. The molecule has 0 spiro atoms. The average Bonchev–Trinajstić information content (AvgIpc) is 3.38. The number of esters is 1. The third-order valence-electron chi connectivity index (χ3n) is 8.20. The second kappa shape index (κ2) is 13.0. The normalized spacial score (nSPS) is 19.4. The summed E-state index contributed by atoms with van der Waals surface area (Å²) in [5.41, 5.74) is -8.82. The van der Waals surface area contributed by atoms with E-state index < -0.39 is 85.2 Å². The van der Waals surface area contributed by atoms with Gasteiger partial charge in [-0.25, -0.2) is 21.6 Å². The van der Waals surface area contributed by atoms with E-state index in [1.165, 1.54) is 0 Å². The van der Waals surface area contributed by atoms with Gasteiger partial charge in [0.15, 0.2) is 9.84 Å². The number of rotatable bonds is 9. The van der Waals surface area contributed by atoms with Crippen LogP contribution in [0.5, 0.6) is 0 Å². The van der Waals surface area contributed by atoms with Gasteiger partial charge in [0.1, 0.15) is 27.8 Å². The van der Waals surface area contributed by atoms with Crippen molar-refractivity contribution in [1.29, 1.82) is 0 Å². The van der Waals surface area contributed by atoms with E-state index in [4.69, 9.17) is 4.74 Å². The lowest BCUT2D eigenvalue weighted by atomic mass is 9.88. The predicted molar refractivity (Wildman–Crippen MR) is 154 cm³/mol. The van der Waals surface area contributed by atoms with Gasteiger partial charge in [-0.05, 0) is 87.9 Å². The molecule has 0 saturated heterocycles. The lowest BCUT2D eigenvalue weighted by Crippen LogP contribution is -2.56. The Labute approximate surface area is 271 Å². The number of benzene rings is 3. The van der Waals surface area contributed by atoms with Crippen molar-refractivity contribution in [3.8, 4) is 0 Å². The number of halogens is 9. The number of carbonyl (C=O) groups excluding carboxylic acids is 1. The SMILES string of the molecule is CC(C)(C)OC(=O)CC1CCC(c2ccc(C(OCc3c(F)cccc3F)(C(F)(F)F)C(F)(F)F)cc2)(S(=O)(=O)c2ccc(F)cc2)C1. The summed E-state index contributed by atoms with van der Waals surface area (Å²) < 4.78 is 165. The first kappa shape index (κ1) is 37.2. The van der Waals surface area contributed by atoms with Gasteiger partial charge in [0, 0.05) is 17.5 Å². The smallest absolute Gasteiger partial charge is 0.430 e. The molecular formula is C33H31F9O5S. The van der Waals surface area contributed by atoms with E-state index >= 15 is 0 Å². The zero-order valence-electron chi connectivity index (χ0n) is 25.8. The van der Waals surface area contributed by atoms with Crippen molar-refractivity contribution in [2.75, 3.05) is 0 Å². The van der Waals surface area contributed by atoms with Gasteiger partial charge in [-0.15, -0.1) is 0 Å². The van der Waals surface area contributed by atoms with Crippen LogP contribution in [0.3, 0.4) is 0 Å². The summed E-state index contributed by atoms with van der Waals surface area (Å²) in [4.78, 5) is 12.2. The minimum Gasteiger partial charge on any atom is -0.460 e. The molecule has 3 aromatic carbocycles. The predicted octanol–water partition coefficient (Wildman–Crippen LogP) is 8.84. The third kappa shape index (κ3) is 7.07. The van der Waals surface area contributed by atoms with Crippen LogP contribution in [0.15, 0.2) is 71.6 Å². The fourth-order valence-electron chi connectivity index (χ4n) is 6.00. The molecule has 0 aromatic heterocycles. The molecule has 0 N–H and O–H groups in total. The van der Waals surface area contributed by atoms with Crippen molar-refractivity contribution < 1.29 is 62.2 Å². The molecule has 1 fully saturated rings. The lowest BCUT2D eigenvalue weighted by Gasteiger charge is -2.38. The molecule has 0 aliphatic heterocycles. The Hall–Kier alpha value is -3.59. The molecule has 0 bridgehead atoms. The Balaban J connectivity index is 1.82. The van der Waals surface area contributed by atoms with E-state index in [1.54, 1.807) is 20.8 Å². The zero-order valence-corrected chi connectivity index (χ0v) is 26.6. The molecule has 3 aromatic rings. The molecule has 0 radical (unpaired) electrons. The van der Waals surface area contributed by atoms with Crippen LogP contribution in [0.25, 0.3) is 0 Å². The van der Waals surface area contributed by atoms with Crippen LogP contribution < -0.4 is 0 Å². The fourth-order valence-corrected chi connectivity index (χ4v) is 8.23. The highest BCUT2D eigenvalue weighted by Gasteiger charge is 2.73. The Bertz CT molecular complexity index is 1700. The van der Waals surface area contributed by atoms with E-state index in [-0.39, 0.29) is 36.1 Å². The summed E-state index contributed by atoms with van der Waals surface area (Å²) in [6, 6.07) is 8.24. The molecule has 1 saturated carbocycles. The van der Waals surface area contributed by atoms with Crippen molar-refractivity contribution in [2.24, 2.45) is 5.92 Å². The molecule has 4 rings (SSSR count). The summed E-state index contributed by atoms with van der Waals surface area (Å²) in [5.74, 6) is -4.87. The molecule has 2 atom stereocenters. The highest BCUT2D eigenvalue weighted by atomic mass is 32.2. The highest BCUT2D eigenvalue weighted by Crippen LogP contribution is 2.55. The second-order valence-electron chi connectivity index (χ2n) is 12.6. The van der Waals surface area contributed by atoms with Gasteiger partial charge in [-0.3, -0.25) is 4.79 Å². The number of hydrogen-bond acceptors (Lipinski definition) is 5. The third-order valence-corrected chi connectivity index (χ3v) is 10.7. The summed E-state index contributed by atoms with van der Waals surface area (Å²) in [5, 5.41) is 0. The molecule has 15 heteroatoms. The first-order valence-corrected chi connectivity index (χ1v) is 16.1. The van der Waals surface area contributed by atoms with E-state index in [0.717, 1.165) is 42.5 Å². The van der Waals surface area contributed by atoms with E-state index in [9.17, 15) is 52.7 Å². The Morgan fingerprint density at radius 3 is 1.88 bits per heavy atom. The van der Waals surface area contributed by atoms with Gasteiger partial charge in [0.05, 0.1) is 11.5 Å². The minimum atomic E-state index is -6.21. The summed E-state index contributed by atoms with van der Waals surface area (Å²) in [7, 11) is -4.51. The summed E-state index contributed by atoms with van der Waals surface area (Å²) in [6.07, 6.45) is -13.0. The fraction of sp³-hybridized carbons (Fsp3) is 0.424. The average molecular weight is 711 g/mol. The maximum Gasteiger partial charge on any atom is 0.430 e. The maximum atomic E-state index is 14.5. The van der Waals surface area contributed by atoms with Crippen molar-refractivity contribution >= 4 is 15.8 Å². The lowest BCUT2D eigenvalue weighted by molar-refractivity contribution is -0.392. The number of carbonyl (C=O) groups is 1. The van der Waals surface area contributed by atoms with Crippen molar-refractivity contribution in [1.82, 2.24) is 0 Å². The molecule has 2 unspecified atom stereocenters. The van der Waals surface area contributed by atoms with Crippen LogP contribution >= 0.6 is 0 Å². The molecule has 1 aliphatic carbocycles. The molecule has 262 valence electrons. The monoisotopic (exact) mass is 710 g/mol. The number of sulfone groups is 1. The quantitative estimate of drug-likeness (QED) is 0.126. The van der Waals surface area contributed by atoms with Gasteiger partial charge in [0.25, 0.3) is 5.60 Å². The molecule has 1 aliphatic rings. The van der Waals surface area contributed by atoms with Gasteiger partial charge >= 0.3 is 18.3 Å². The van der Waals surface area contributed by atoms with Crippen LogP contribution in [0.2, 0.25) is 0 Å². The number of hydrogen-bond donors (Lipinski definition) is 0. The topological polar surface area (TPSA) is 69.7 Å². The standard InChI is InChI=1S/C33H31F9O5S/c1-29(2,3)47-28(43)17-20-15-16-30(18-20,48(44,45)24-13-11-23(34)12-14-24)21-7-9-22(10-8-21)31(32(37,38)39,33(40,41)42)46-19-25-26(35)5-4-6-27(25)36/h4-14,20H,15-19H2,1-3H3. The van der Waals surface area contributed by atoms with E-state index in [2.05, 4.69) is 4.74 Å². The number of ether oxygens (including phenoxy) is 2. The van der Waals surface area contributed by atoms with Crippen LogP contribution in [-0.4, -0.2) is 32.3 Å². The van der Waals surface area contributed by atoms with Crippen molar-refractivity contribution in [2.45, 2.75) is 86.3 Å². The Morgan fingerprint density at radius 1 is 0.833 bits per heavy atom. The summed E-state index contributed by atoms with van der Waals surface area (Å²) in [6.45, 7) is 3.13. The van der Waals surface area contributed by atoms with Crippen molar-refractivity contribution in [3.63, 3.8) is 0 Å². The summed E-state index contributed by atoms with van der Waals surface area (Å²) >= 11 is 0. The molecule has 48 heavy (non-hydrogen) atoms. The zero-order chi connectivity index (χ0) is 35.9. The molecule has 0 heterocycles. The Kier molecular flexibility index (Phi) is 10.1. The second-order valence-corrected chi connectivity index (χ2v) is 14.9.